The number of nitrogens with one attached hydrogen (secondary N) is 1. The summed E-state index contributed by atoms with van der Waals surface area (Å²) in [6.07, 6.45) is 6.64. The lowest BCUT2D eigenvalue weighted by Crippen LogP contribution is -2.37. The largest absolute Gasteiger partial charge is 0.493 e. The smallest absolute Gasteiger partial charge is 0.219 e. The highest BCUT2D eigenvalue weighted by molar-refractivity contribution is 6.62. The Bertz CT molecular complexity index is 2820. The highest BCUT2D eigenvalue weighted by atomic mass is 35.5. The molecule has 384 valence electrons. The van der Waals surface area contributed by atoms with Crippen molar-refractivity contribution in [2.75, 3.05) is 45.9 Å². The molecule has 2 aliphatic rings. The number of piperidine rings is 2. The number of likely N-dealkylation sites (tertiary alicyclic amines) is 1. The fraction of sp³-hybridized carbons (Fsp3) is 0.519. The van der Waals surface area contributed by atoms with Gasteiger partial charge in [-0.25, -0.2) is 19.3 Å². The van der Waals surface area contributed by atoms with Crippen molar-refractivity contribution < 1.29 is 19.1 Å². The summed E-state index contributed by atoms with van der Waals surface area (Å²) in [7, 11) is 3.61. The van der Waals surface area contributed by atoms with Crippen LogP contribution in [0.4, 0.5) is 0 Å². The van der Waals surface area contributed by atoms with E-state index in [9.17, 15) is 20.1 Å². The zero-order valence-corrected chi connectivity index (χ0v) is 44.8. The first-order valence-electron chi connectivity index (χ1n) is 25.0. The Labute approximate surface area is 429 Å². The summed E-state index contributed by atoms with van der Waals surface area (Å²) in [4.78, 5) is 34.0. The summed E-state index contributed by atoms with van der Waals surface area (Å²) in [6.45, 7) is 24.7. The number of aryl methyl sites for hydroxylation is 4. The lowest BCUT2D eigenvalue weighted by atomic mass is 9.94. The topological polar surface area (TPSA) is 206 Å². The second kappa shape index (κ2) is 27.3. The van der Waals surface area contributed by atoms with Gasteiger partial charge in [-0.15, -0.1) is 10.2 Å². The van der Waals surface area contributed by atoms with Crippen LogP contribution >= 0.6 is 11.6 Å². The summed E-state index contributed by atoms with van der Waals surface area (Å²) in [5.41, 5.74) is 8.57. The predicted octanol–water partition coefficient (Wildman–Crippen LogP) is 9.11. The number of nitriles is 2. The van der Waals surface area contributed by atoms with Gasteiger partial charge in [-0.05, 0) is 183 Å². The minimum Gasteiger partial charge on any atom is -0.493 e. The fourth-order valence-electron chi connectivity index (χ4n) is 9.16. The van der Waals surface area contributed by atoms with Crippen LogP contribution in [0, 0.1) is 48.3 Å². The molecule has 0 radical (unpaired) electrons. The van der Waals surface area contributed by atoms with E-state index in [0.29, 0.717) is 47.0 Å². The molecule has 72 heavy (non-hydrogen) atoms. The second-order valence-electron chi connectivity index (χ2n) is 19.0. The first kappa shape index (κ1) is 56.4. The molecule has 0 unspecified atom stereocenters. The van der Waals surface area contributed by atoms with E-state index in [4.69, 9.17) is 9.47 Å². The van der Waals surface area contributed by atoms with E-state index in [-0.39, 0.29) is 16.8 Å². The molecule has 17 nitrogen and oxygen atoms in total. The van der Waals surface area contributed by atoms with Gasteiger partial charge in [0.1, 0.15) is 34.7 Å². The molecule has 0 spiro atoms. The van der Waals surface area contributed by atoms with Gasteiger partial charge in [0, 0.05) is 64.2 Å². The number of hydrogen-bond donors (Lipinski definition) is 1. The number of pyridine rings is 2. The van der Waals surface area contributed by atoms with E-state index >= 15 is 0 Å². The van der Waals surface area contributed by atoms with E-state index in [0.717, 1.165) is 121 Å². The Balaban J connectivity index is 0.000000216. The molecule has 0 saturated carbocycles. The average molecular weight is 1000 g/mol. The van der Waals surface area contributed by atoms with Crippen LogP contribution in [-0.2, 0) is 23.7 Å². The van der Waals surface area contributed by atoms with E-state index < -0.39 is 0 Å². The Hall–Kier alpha value is -6.53. The van der Waals surface area contributed by atoms with Crippen LogP contribution in [0.3, 0.4) is 0 Å². The van der Waals surface area contributed by atoms with E-state index in [1.54, 1.807) is 23.3 Å². The number of nitrogens with zero attached hydrogens (tertiary/aromatic N) is 12. The monoisotopic (exact) mass is 1000 g/mol. The van der Waals surface area contributed by atoms with Gasteiger partial charge in [0.25, 0.3) is 0 Å². The standard InChI is InChI=1S/C23H26N6O2.C21H24N6O.C8H19N.C2H3ClO/c1-15-12-18(19-13-21-23(20(14-24)25-19)26-27-28(21)3)4-5-22(15)31-11-8-17-6-9-29(10-7-17)16(2)30;1-14-11-16(3-4-20(14)28-10-7-15-5-8-23-9-6-15)17-12-19-21(18(13-22)24-17)25-26-27(19)2;1-6-9(7(2)3)8(4)5;1-2(3)4/h4-5,12-13,17H,6-11H2,1-3H3;3-4,11-12,15,23H,5-10H2,1-2H3;7-8H,6H2,1-5H3;1H3. The minimum atomic E-state index is -0.361. The number of carbonyl (C=O) groups is 2. The third kappa shape index (κ3) is 15.7. The molecular weight excluding hydrogens is 930 g/mol. The quantitative estimate of drug-likeness (QED) is 0.107. The van der Waals surface area contributed by atoms with Crippen LogP contribution < -0.4 is 14.8 Å². The minimum absolute atomic E-state index is 0.167. The maximum atomic E-state index is 11.4. The first-order valence-corrected chi connectivity index (χ1v) is 25.4. The number of fused-ring (bicyclic) bond motifs is 2. The van der Waals surface area contributed by atoms with Gasteiger partial charge >= 0.3 is 0 Å². The molecule has 4 aromatic heterocycles. The van der Waals surface area contributed by atoms with Crippen molar-refractivity contribution in [3.05, 3.63) is 71.0 Å². The van der Waals surface area contributed by atoms with Crippen LogP contribution in [0.2, 0.25) is 0 Å². The van der Waals surface area contributed by atoms with Crippen molar-refractivity contribution in [2.24, 2.45) is 25.9 Å². The zero-order chi connectivity index (χ0) is 52.5. The SMILES string of the molecule is CC(=O)Cl.CC(=O)N1CCC(CCOc2ccc(-c3cc4c(nnn4C)c(C#N)n3)cc2C)CC1.CCN(C(C)C)C(C)C.Cc1cc(-c2cc3c(nnn3C)c(C#N)n2)ccc1OCCC1CCNCC1. The van der Waals surface area contributed by atoms with Gasteiger partial charge in [-0.2, -0.15) is 10.5 Å². The molecule has 18 heteroatoms. The third-order valence-electron chi connectivity index (χ3n) is 13.1. The van der Waals surface area contributed by atoms with Gasteiger partial charge < -0.3 is 19.7 Å². The number of hydrogen-bond acceptors (Lipinski definition) is 14. The number of rotatable bonds is 13. The van der Waals surface area contributed by atoms with Crippen molar-refractivity contribution in [1.29, 1.82) is 10.5 Å². The fourth-order valence-corrected chi connectivity index (χ4v) is 9.16. The first-order chi connectivity index (χ1) is 34.4. The van der Waals surface area contributed by atoms with Crippen LogP contribution in [0.5, 0.6) is 11.5 Å². The van der Waals surface area contributed by atoms with E-state index in [1.807, 2.05) is 68.3 Å². The zero-order valence-electron chi connectivity index (χ0n) is 44.0. The lowest BCUT2D eigenvalue weighted by Gasteiger charge is -2.31. The Morgan fingerprint density at radius 3 is 1.50 bits per heavy atom. The summed E-state index contributed by atoms with van der Waals surface area (Å²) in [5, 5.41) is 37.9. The van der Waals surface area contributed by atoms with Crippen molar-refractivity contribution >= 4 is 44.8 Å². The van der Waals surface area contributed by atoms with Gasteiger partial charge in [0.05, 0.1) is 35.6 Å². The van der Waals surface area contributed by atoms with Crippen LogP contribution in [0.15, 0.2) is 48.5 Å². The van der Waals surface area contributed by atoms with Crippen molar-refractivity contribution in [3.8, 4) is 46.2 Å². The molecule has 0 atom stereocenters. The van der Waals surface area contributed by atoms with Crippen LogP contribution in [0.25, 0.3) is 44.6 Å². The summed E-state index contributed by atoms with van der Waals surface area (Å²) >= 11 is 4.64. The molecule has 2 aliphatic heterocycles. The lowest BCUT2D eigenvalue weighted by molar-refractivity contribution is -0.130. The highest BCUT2D eigenvalue weighted by Crippen LogP contribution is 2.30. The highest BCUT2D eigenvalue weighted by Gasteiger charge is 2.21. The molecule has 1 N–H and O–H groups in total. The summed E-state index contributed by atoms with van der Waals surface area (Å²) in [5.74, 6) is 3.28. The van der Waals surface area contributed by atoms with E-state index in [1.165, 1.54) is 19.8 Å². The third-order valence-corrected chi connectivity index (χ3v) is 13.1. The molecule has 0 bridgehead atoms. The van der Waals surface area contributed by atoms with Crippen LogP contribution in [-0.4, -0.2) is 119 Å². The van der Waals surface area contributed by atoms with E-state index in [2.05, 4.69) is 105 Å². The van der Waals surface area contributed by atoms with Gasteiger partial charge in [-0.1, -0.05) is 17.4 Å². The maximum Gasteiger partial charge on any atom is 0.219 e. The van der Waals surface area contributed by atoms with Gasteiger partial charge in [0.15, 0.2) is 11.4 Å². The number of halogens is 1. The molecule has 2 fully saturated rings. The molecule has 2 saturated heterocycles. The molecule has 2 aromatic carbocycles. The number of carbonyl (C=O) groups excluding carboxylic acids is 2. The Morgan fingerprint density at radius 2 is 1.15 bits per heavy atom. The normalized spacial score (nSPS) is 13.9. The van der Waals surface area contributed by atoms with Gasteiger partial charge in [0.2, 0.25) is 11.1 Å². The summed E-state index contributed by atoms with van der Waals surface area (Å²) in [6, 6.07) is 21.4. The number of amides is 1. The molecule has 1 amide bonds. The molecule has 8 rings (SSSR count). The number of benzene rings is 2. The Morgan fingerprint density at radius 1 is 0.736 bits per heavy atom. The van der Waals surface area contributed by atoms with Crippen molar-refractivity contribution in [2.45, 2.75) is 113 Å². The predicted molar refractivity (Wildman–Crippen MR) is 282 cm³/mol. The van der Waals surface area contributed by atoms with Gasteiger partial charge in [-0.3, -0.25) is 14.5 Å². The molecule has 6 heterocycles. The Kier molecular flexibility index (Phi) is 21.4. The van der Waals surface area contributed by atoms with Crippen molar-refractivity contribution in [1.82, 2.24) is 55.1 Å². The number of ether oxygens (including phenoxy) is 2. The van der Waals surface area contributed by atoms with Crippen LogP contribution in [0.1, 0.15) is 110 Å². The summed E-state index contributed by atoms with van der Waals surface area (Å²) < 4.78 is 15.4. The molecular formula is C54H72ClN13O4. The second-order valence-corrected chi connectivity index (χ2v) is 19.5. The maximum absolute atomic E-state index is 11.4. The number of aromatic nitrogens is 8. The molecule has 0 aliphatic carbocycles. The average Bonchev–Trinajstić information content (AvgIpc) is 3.93. The van der Waals surface area contributed by atoms with Crippen molar-refractivity contribution in [3.63, 3.8) is 0 Å². The molecule has 6 aromatic rings.